The third-order valence-electron chi connectivity index (χ3n) is 4.99. The first-order valence-corrected chi connectivity index (χ1v) is 9.74. The Labute approximate surface area is 168 Å². The van der Waals surface area contributed by atoms with Gasteiger partial charge in [-0.1, -0.05) is 92.7 Å². The third-order valence-corrected chi connectivity index (χ3v) is 4.99. The highest BCUT2D eigenvalue weighted by Gasteiger charge is 2.44. The summed E-state index contributed by atoms with van der Waals surface area (Å²) in [5.74, 6) is -0.476. The average Bonchev–Trinajstić information content (AvgIpc) is 2.79. The molecule has 0 spiro atoms. The number of hydrogen-bond acceptors (Lipinski definition) is 3. The monoisotopic (exact) mass is 378 g/mol. The van der Waals surface area contributed by atoms with E-state index in [2.05, 4.69) is 42.5 Å². The van der Waals surface area contributed by atoms with Gasteiger partial charge in [0.05, 0.1) is 5.92 Å². The number of carbonyl (C=O) groups is 1. The van der Waals surface area contributed by atoms with E-state index in [0.717, 1.165) is 11.1 Å². The summed E-state index contributed by atoms with van der Waals surface area (Å²) in [6.45, 7) is 3.76. The van der Waals surface area contributed by atoms with Crippen molar-refractivity contribution < 1.29 is 14.3 Å². The molecule has 1 unspecified atom stereocenters. The minimum absolute atomic E-state index is 0.00362. The summed E-state index contributed by atoms with van der Waals surface area (Å²) in [5.41, 5.74) is 3.31. The van der Waals surface area contributed by atoms with Crippen LogP contribution in [0.1, 0.15) is 43.7 Å². The quantitative estimate of drug-likeness (QED) is 0.597. The van der Waals surface area contributed by atoms with Gasteiger partial charge in [0.2, 0.25) is 5.79 Å². The highest BCUT2D eigenvalue weighted by atomic mass is 16.7. The van der Waals surface area contributed by atoms with Crippen molar-refractivity contribution in [1.82, 2.24) is 0 Å². The molecule has 0 N–H and O–H groups in total. The van der Waals surface area contributed by atoms with Crippen LogP contribution in [0.4, 0.5) is 0 Å². The molecule has 28 heavy (non-hydrogen) atoms. The number of methoxy groups -OCH3 is 2. The maximum atomic E-state index is 10.2. The average molecular weight is 379 g/mol. The van der Waals surface area contributed by atoms with Crippen LogP contribution in [0.3, 0.4) is 0 Å². The van der Waals surface area contributed by atoms with Gasteiger partial charge in [0, 0.05) is 32.6 Å². The number of benzene rings is 2. The first kappa shape index (κ1) is 21.8. The van der Waals surface area contributed by atoms with Crippen molar-refractivity contribution in [2.24, 2.45) is 0 Å². The summed E-state index contributed by atoms with van der Waals surface area (Å²) >= 11 is 0. The minimum atomic E-state index is -0.822. The van der Waals surface area contributed by atoms with Crippen LogP contribution in [0, 0.1) is 0 Å². The second-order valence-corrected chi connectivity index (χ2v) is 6.54. The van der Waals surface area contributed by atoms with Gasteiger partial charge >= 0.3 is 0 Å². The summed E-state index contributed by atoms with van der Waals surface area (Å²) < 4.78 is 11.8. The van der Waals surface area contributed by atoms with Crippen LogP contribution in [0.5, 0.6) is 0 Å². The second-order valence-electron chi connectivity index (χ2n) is 6.54. The van der Waals surface area contributed by atoms with Gasteiger partial charge in [-0.15, -0.1) is 0 Å². The maximum Gasteiger partial charge on any atom is 0.205 e. The van der Waals surface area contributed by atoms with Crippen molar-refractivity contribution in [3.8, 4) is 0 Å². The number of rotatable bonds is 6. The van der Waals surface area contributed by atoms with Gasteiger partial charge < -0.3 is 9.47 Å². The van der Waals surface area contributed by atoms with Gasteiger partial charge in [-0.3, -0.25) is 4.79 Å². The molecule has 3 rings (SSSR count). The fourth-order valence-corrected chi connectivity index (χ4v) is 3.39. The number of carbonyl (C=O) groups excluding carboxylic acids is 1. The molecule has 0 aliphatic heterocycles. The summed E-state index contributed by atoms with van der Waals surface area (Å²) in [5, 5.41) is 0. The predicted molar refractivity (Wildman–Crippen MR) is 115 cm³/mol. The number of ketones is 1. The van der Waals surface area contributed by atoms with Crippen LogP contribution < -0.4 is 0 Å². The Morgan fingerprint density at radius 1 is 0.893 bits per heavy atom. The molecule has 3 nitrogen and oxygen atoms in total. The van der Waals surface area contributed by atoms with Crippen molar-refractivity contribution in [3.05, 3.63) is 90.0 Å². The van der Waals surface area contributed by atoms with Crippen LogP contribution in [0.15, 0.2) is 78.9 Å². The Hall–Kier alpha value is -2.49. The van der Waals surface area contributed by atoms with E-state index in [-0.39, 0.29) is 5.92 Å². The van der Waals surface area contributed by atoms with E-state index in [9.17, 15) is 4.79 Å². The van der Waals surface area contributed by atoms with Gasteiger partial charge in [-0.05, 0) is 11.1 Å². The second kappa shape index (κ2) is 10.7. The Balaban J connectivity index is 0.000000409. The molecule has 2 aromatic rings. The molecule has 0 aromatic heterocycles. The topological polar surface area (TPSA) is 35.5 Å². The molecule has 1 aliphatic carbocycles. The van der Waals surface area contributed by atoms with Gasteiger partial charge in [0.25, 0.3) is 0 Å². The molecular formula is C25H30O3. The number of Topliss-reactive ketones (excluding diaryl/α,β-unsaturated/α-hetero) is 1. The molecule has 0 heterocycles. The maximum absolute atomic E-state index is 10.2. The zero-order valence-corrected chi connectivity index (χ0v) is 17.2. The highest BCUT2D eigenvalue weighted by Crippen LogP contribution is 2.45. The van der Waals surface area contributed by atoms with E-state index >= 15 is 0 Å². The van der Waals surface area contributed by atoms with Crippen molar-refractivity contribution in [3.63, 3.8) is 0 Å². The molecule has 0 bridgehead atoms. The van der Waals surface area contributed by atoms with Gasteiger partial charge in [-0.25, -0.2) is 0 Å². The minimum Gasteiger partial charge on any atom is -0.348 e. The predicted octanol–water partition coefficient (Wildman–Crippen LogP) is 5.79. The van der Waals surface area contributed by atoms with Gasteiger partial charge in [0.15, 0.2) is 0 Å². The Bertz CT molecular complexity index is 781. The van der Waals surface area contributed by atoms with Crippen molar-refractivity contribution >= 4 is 11.4 Å². The first-order chi connectivity index (χ1) is 13.6. The number of hydrogen-bond donors (Lipinski definition) is 0. The van der Waals surface area contributed by atoms with E-state index in [1.807, 2.05) is 50.2 Å². The zero-order valence-electron chi connectivity index (χ0n) is 17.2. The first-order valence-electron chi connectivity index (χ1n) is 9.74. The molecule has 0 fully saturated rings. The fourth-order valence-electron chi connectivity index (χ4n) is 3.39. The van der Waals surface area contributed by atoms with E-state index in [0.29, 0.717) is 18.6 Å². The van der Waals surface area contributed by atoms with Crippen LogP contribution in [0.2, 0.25) is 0 Å². The van der Waals surface area contributed by atoms with Crippen LogP contribution in [0.25, 0.3) is 5.57 Å². The van der Waals surface area contributed by atoms with E-state index in [1.165, 1.54) is 5.56 Å². The smallest absolute Gasteiger partial charge is 0.205 e. The zero-order chi connectivity index (χ0) is 20.4. The summed E-state index contributed by atoms with van der Waals surface area (Å²) in [6.07, 6.45) is 7.67. The van der Waals surface area contributed by atoms with Gasteiger partial charge in [-0.2, -0.15) is 0 Å². The number of allylic oxidation sites excluding steroid dienone is 2. The van der Waals surface area contributed by atoms with Gasteiger partial charge in [0.1, 0.15) is 5.78 Å². The van der Waals surface area contributed by atoms with E-state index in [1.54, 1.807) is 14.2 Å². The van der Waals surface area contributed by atoms with E-state index < -0.39 is 5.79 Å². The number of ether oxygens (including phenoxy) is 2. The van der Waals surface area contributed by atoms with Crippen LogP contribution in [-0.4, -0.2) is 25.8 Å². The Morgan fingerprint density at radius 3 is 1.89 bits per heavy atom. The molecule has 148 valence electrons. The van der Waals surface area contributed by atoms with Crippen molar-refractivity contribution in [2.75, 3.05) is 14.2 Å². The molecule has 2 aromatic carbocycles. The Kier molecular flexibility index (Phi) is 8.37. The summed E-state index contributed by atoms with van der Waals surface area (Å²) in [7, 11) is 3.41. The fraction of sp³-hybridized carbons (Fsp3) is 0.320. The van der Waals surface area contributed by atoms with Crippen LogP contribution >= 0.6 is 0 Å². The third kappa shape index (κ3) is 4.86. The standard InChI is InChI=1S/C20H20O2.C5H10O/c1-21-20(22-2)18(16-10-5-3-6-11-16)14-9-15-19(20)17-12-7-4-8-13-17;1-3-5(6)4-2/h3-15,18H,1-2H3;3-4H2,1-2H3. The highest BCUT2D eigenvalue weighted by molar-refractivity contribution is 5.77. The molecule has 1 atom stereocenters. The van der Waals surface area contributed by atoms with Crippen molar-refractivity contribution in [1.29, 1.82) is 0 Å². The lowest BCUT2D eigenvalue weighted by Crippen LogP contribution is -2.42. The molecule has 3 heteroatoms. The normalized spacial score (nSPS) is 17.3. The summed E-state index contributed by atoms with van der Waals surface area (Å²) in [4.78, 5) is 10.2. The molecule has 0 radical (unpaired) electrons. The SMILES string of the molecule is CCC(=O)CC.COC1(OC)C(c2ccccc2)=CC=CC1c1ccccc1. The van der Waals surface area contributed by atoms with Crippen molar-refractivity contribution in [2.45, 2.75) is 38.4 Å². The largest absolute Gasteiger partial charge is 0.348 e. The lowest BCUT2D eigenvalue weighted by molar-refractivity contribution is -0.170. The molecule has 0 saturated heterocycles. The Morgan fingerprint density at radius 2 is 1.43 bits per heavy atom. The molecule has 0 saturated carbocycles. The summed E-state index contributed by atoms with van der Waals surface area (Å²) in [6, 6.07) is 20.6. The van der Waals surface area contributed by atoms with Crippen LogP contribution in [-0.2, 0) is 14.3 Å². The lowest BCUT2D eigenvalue weighted by atomic mass is 9.79. The molecule has 0 amide bonds. The van der Waals surface area contributed by atoms with E-state index in [4.69, 9.17) is 9.47 Å². The molecule has 1 aliphatic rings. The molecular weight excluding hydrogens is 348 g/mol. The lowest BCUT2D eigenvalue weighted by Gasteiger charge is -2.41.